The maximum atomic E-state index is 10.4. The summed E-state index contributed by atoms with van der Waals surface area (Å²) in [5.74, 6) is 1.26. The third kappa shape index (κ3) is 1.84. The van der Waals surface area contributed by atoms with E-state index in [-0.39, 0.29) is 0 Å². The highest BCUT2D eigenvalue weighted by molar-refractivity contribution is 5.13. The summed E-state index contributed by atoms with van der Waals surface area (Å²) in [5.41, 5.74) is 1.42. The topological polar surface area (TPSA) is 20.2 Å². The second-order valence-electron chi connectivity index (χ2n) is 6.67. The molecule has 0 amide bonds. The van der Waals surface area contributed by atoms with Crippen molar-refractivity contribution in [1.29, 1.82) is 0 Å². The largest absolute Gasteiger partial charge is 0.390 e. The van der Waals surface area contributed by atoms with Crippen LogP contribution >= 0.6 is 0 Å². The summed E-state index contributed by atoms with van der Waals surface area (Å²) < 4.78 is 0. The Morgan fingerprint density at radius 1 is 1.38 bits per heavy atom. The average Bonchev–Trinajstić information content (AvgIpc) is 2.49. The van der Waals surface area contributed by atoms with Crippen LogP contribution in [0.25, 0.3) is 0 Å². The SMILES string of the molecule is CC1=CC[C@@]2(CC1)C(C(C)(C)O)CC[C@@H]2C. The zero-order chi connectivity index (χ0) is 12.0. The van der Waals surface area contributed by atoms with Gasteiger partial charge >= 0.3 is 0 Å². The average molecular weight is 222 g/mol. The van der Waals surface area contributed by atoms with Gasteiger partial charge in [0.25, 0.3) is 0 Å². The molecular formula is C15H26O. The van der Waals surface area contributed by atoms with Crippen molar-refractivity contribution in [3.05, 3.63) is 11.6 Å². The van der Waals surface area contributed by atoms with Crippen molar-refractivity contribution in [3.8, 4) is 0 Å². The molecule has 2 rings (SSSR count). The van der Waals surface area contributed by atoms with Crippen LogP contribution in [-0.4, -0.2) is 10.7 Å². The number of allylic oxidation sites excluding steroid dienone is 2. The van der Waals surface area contributed by atoms with Gasteiger partial charge in [-0.2, -0.15) is 0 Å². The fourth-order valence-electron chi connectivity index (χ4n) is 4.15. The lowest BCUT2D eigenvalue weighted by molar-refractivity contribution is -0.0507. The van der Waals surface area contributed by atoms with Gasteiger partial charge in [-0.3, -0.25) is 0 Å². The molecule has 0 aromatic rings. The molecule has 2 aliphatic carbocycles. The summed E-state index contributed by atoms with van der Waals surface area (Å²) in [7, 11) is 0. The molecule has 1 heteroatoms. The maximum absolute atomic E-state index is 10.4. The van der Waals surface area contributed by atoms with Crippen LogP contribution in [0.4, 0.5) is 0 Å². The lowest BCUT2D eigenvalue weighted by Crippen LogP contribution is -2.43. The first kappa shape index (κ1) is 12.2. The molecule has 0 saturated heterocycles. The van der Waals surface area contributed by atoms with Crippen LogP contribution in [0.3, 0.4) is 0 Å². The van der Waals surface area contributed by atoms with Gasteiger partial charge in [-0.15, -0.1) is 0 Å². The summed E-state index contributed by atoms with van der Waals surface area (Å²) in [5, 5.41) is 10.4. The van der Waals surface area contributed by atoms with Crippen LogP contribution in [0.2, 0.25) is 0 Å². The van der Waals surface area contributed by atoms with Crippen molar-refractivity contribution in [2.45, 2.75) is 65.4 Å². The van der Waals surface area contributed by atoms with Gasteiger partial charge in [0.1, 0.15) is 0 Å². The first-order chi connectivity index (χ1) is 7.36. The highest BCUT2D eigenvalue weighted by Gasteiger charge is 2.52. The van der Waals surface area contributed by atoms with Crippen molar-refractivity contribution >= 4 is 0 Å². The van der Waals surface area contributed by atoms with E-state index < -0.39 is 5.60 Å². The predicted octanol–water partition coefficient (Wildman–Crippen LogP) is 3.92. The van der Waals surface area contributed by atoms with E-state index in [9.17, 15) is 5.11 Å². The molecule has 1 unspecified atom stereocenters. The van der Waals surface area contributed by atoms with E-state index in [2.05, 4.69) is 19.9 Å². The number of aliphatic hydroxyl groups is 1. The number of rotatable bonds is 1. The number of hydrogen-bond acceptors (Lipinski definition) is 1. The molecule has 92 valence electrons. The second-order valence-corrected chi connectivity index (χ2v) is 6.67. The first-order valence-electron chi connectivity index (χ1n) is 6.74. The summed E-state index contributed by atoms with van der Waals surface area (Å²) in [6, 6.07) is 0. The van der Waals surface area contributed by atoms with Gasteiger partial charge in [-0.05, 0) is 70.1 Å². The Bertz CT molecular complexity index is 297. The molecule has 0 radical (unpaired) electrons. The Kier molecular flexibility index (Phi) is 2.94. The van der Waals surface area contributed by atoms with Gasteiger partial charge in [0, 0.05) is 0 Å². The molecule has 2 aliphatic rings. The monoisotopic (exact) mass is 222 g/mol. The molecule has 0 heterocycles. The van der Waals surface area contributed by atoms with Crippen molar-refractivity contribution in [2.24, 2.45) is 17.3 Å². The Balaban J connectivity index is 2.29. The lowest BCUT2D eigenvalue weighted by atomic mass is 9.60. The third-order valence-corrected chi connectivity index (χ3v) is 5.23. The Morgan fingerprint density at radius 3 is 2.56 bits per heavy atom. The van der Waals surface area contributed by atoms with Gasteiger partial charge in [0.2, 0.25) is 0 Å². The van der Waals surface area contributed by atoms with Gasteiger partial charge in [-0.25, -0.2) is 0 Å². The standard InChI is InChI=1S/C15H26O/c1-11-7-9-15(10-8-11)12(2)5-6-13(15)14(3,4)16/h7,12-13,16H,5-6,8-10H2,1-4H3/t12-,13?,15-/m0/s1. The van der Waals surface area contributed by atoms with E-state index in [1.807, 2.05) is 13.8 Å². The molecule has 0 bridgehead atoms. The minimum Gasteiger partial charge on any atom is -0.390 e. The van der Waals surface area contributed by atoms with Crippen LogP contribution in [0.15, 0.2) is 11.6 Å². The van der Waals surface area contributed by atoms with Crippen molar-refractivity contribution in [2.75, 3.05) is 0 Å². The van der Waals surface area contributed by atoms with Crippen LogP contribution in [0.5, 0.6) is 0 Å². The molecule has 1 spiro atoms. The van der Waals surface area contributed by atoms with E-state index >= 15 is 0 Å². The molecule has 1 fully saturated rings. The summed E-state index contributed by atoms with van der Waals surface area (Å²) in [6.45, 7) is 8.64. The highest BCUT2D eigenvalue weighted by Crippen LogP contribution is 2.58. The zero-order valence-electron chi connectivity index (χ0n) is 11.2. The molecule has 1 nitrogen and oxygen atoms in total. The van der Waals surface area contributed by atoms with E-state index in [4.69, 9.17) is 0 Å². The smallest absolute Gasteiger partial charge is 0.0625 e. The van der Waals surface area contributed by atoms with Gasteiger partial charge < -0.3 is 5.11 Å². The first-order valence-corrected chi connectivity index (χ1v) is 6.74. The fraction of sp³-hybridized carbons (Fsp3) is 0.867. The van der Waals surface area contributed by atoms with Crippen molar-refractivity contribution in [3.63, 3.8) is 0 Å². The Morgan fingerprint density at radius 2 is 2.06 bits per heavy atom. The lowest BCUT2D eigenvalue weighted by Gasteiger charge is -2.46. The molecular weight excluding hydrogens is 196 g/mol. The van der Waals surface area contributed by atoms with Gasteiger partial charge in [0.05, 0.1) is 5.60 Å². The molecule has 3 atom stereocenters. The van der Waals surface area contributed by atoms with Gasteiger partial charge in [0.15, 0.2) is 0 Å². The minimum atomic E-state index is -0.510. The Hall–Kier alpha value is -0.300. The van der Waals surface area contributed by atoms with Crippen molar-refractivity contribution in [1.82, 2.24) is 0 Å². The zero-order valence-corrected chi connectivity index (χ0v) is 11.2. The minimum absolute atomic E-state index is 0.387. The van der Waals surface area contributed by atoms with E-state index in [1.165, 1.54) is 32.1 Å². The van der Waals surface area contributed by atoms with Crippen LogP contribution in [0, 0.1) is 17.3 Å². The van der Waals surface area contributed by atoms with Gasteiger partial charge in [-0.1, -0.05) is 18.6 Å². The van der Waals surface area contributed by atoms with Crippen LogP contribution in [-0.2, 0) is 0 Å². The van der Waals surface area contributed by atoms with E-state index in [1.54, 1.807) is 5.57 Å². The predicted molar refractivity (Wildman–Crippen MR) is 68.2 cm³/mol. The number of hydrogen-bond donors (Lipinski definition) is 1. The fourth-order valence-corrected chi connectivity index (χ4v) is 4.15. The molecule has 0 aromatic heterocycles. The maximum Gasteiger partial charge on any atom is 0.0625 e. The normalized spacial score (nSPS) is 40.2. The van der Waals surface area contributed by atoms with E-state index in [0.717, 1.165) is 5.92 Å². The third-order valence-electron chi connectivity index (χ3n) is 5.23. The molecule has 1 N–H and O–H groups in total. The highest BCUT2D eigenvalue weighted by atomic mass is 16.3. The summed E-state index contributed by atoms with van der Waals surface area (Å²) >= 11 is 0. The molecule has 1 saturated carbocycles. The van der Waals surface area contributed by atoms with Crippen molar-refractivity contribution < 1.29 is 5.11 Å². The van der Waals surface area contributed by atoms with E-state index in [0.29, 0.717) is 11.3 Å². The Labute approximate surface area is 99.9 Å². The molecule has 16 heavy (non-hydrogen) atoms. The molecule has 0 aromatic carbocycles. The second kappa shape index (κ2) is 3.87. The summed E-state index contributed by atoms with van der Waals surface area (Å²) in [6.07, 6.45) is 8.62. The summed E-state index contributed by atoms with van der Waals surface area (Å²) in [4.78, 5) is 0. The quantitative estimate of drug-likeness (QED) is 0.667. The molecule has 0 aliphatic heterocycles. The van der Waals surface area contributed by atoms with Crippen LogP contribution < -0.4 is 0 Å². The van der Waals surface area contributed by atoms with Crippen LogP contribution in [0.1, 0.15) is 59.8 Å².